The Kier molecular flexibility index (Phi) is 2.86. The minimum atomic E-state index is -0.164. The average Bonchev–Trinajstić information content (AvgIpc) is 2.48. The summed E-state index contributed by atoms with van der Waals surface area (Å²) in [5.74, 6) is -0.164. The van der Waals surface area contributed by atoms with Gasteiger partial charge in [0, 0.05) is 5.57 Å². The number of carbonyl (C=O) groups excluding carboxylic acids is 1. The minimum Gasteiger partial charge on any atom is -0.463 e. The van der Waals surface area contributed by atoms with E-state index in [4.69, 9.17) is 4.74 Å². The molecule has 0 aliphatic heterocycles. The number of fused-ring (bicyclic) bond motifs is 1. The lowest BCUT2D eigenvalue weighted by Gasteiger charge is -2.03. The van der Waals surface area contributed by atoms with E-state index >= 15 is 0 Å². The molecule has 0 radical (unpaired) electrons. The zero-order valence-corrected chi connectivity index (χ0v) is 8.82. The Hall–Kier alpha value is -1.57. The Morgan fingerprint density at radius 1 is 1.33 bits per heavy atom. The first-order valence-electron chi connectivity index (χ1n) is 5.27. The van der Waals surface area contributed by atoms with Crippen molar-refractivity contribution in [1.29, 1.82) is 0 Å². The van der Waals surface area contributed by atoms with E-state index in [0.29, 0.717) is 6.61 Å². The van der Waals surface area contributed by atoms with Crippen LogP contribution >= 0.6 is 0 Å². The molecule has 2 aliphatic carbocycles. The topological polar surface area (TPSA) is 26.3 Å². The van der Waals surface area contributed by atoms with Gasteiger partial charge in [-0.2, -0.15) is 0 Å². The fourth-order valence-electron chi connectivity index (χ4n) is 1.92. The Morgan fingerprint density at radius 3 is 3.00 bits per heavy atom. The summed E-state index contributed by atoms with van der Waals surface area (Å²) in [6, 6.07) is 0. The van der Waals surface area contributed by atoms with Gasteiger partial charge in [0.05, 0.1) is 6.61 Å². The molecule has 0 amide bonds. The third kappa shape index (κ3) is 1.94. The van der Waals surface area contributed by atoms with Gasteiger partial charge in [-0.25, -0.2) is 4.79 Å². The van der Waals surface area contributed by atoms with Crippen LogP contribution in [0.1, 0.15) is 19.8 Å². The molecular weight excluding hydrogens is 188 g/mol. The van der Waals surface area contributed by atoms with Gasteiger partial charge in [-0.3, -0.25) is 0 Å². The van der Waals surface area contributed by atoms with Gasteiger partial charge in [0.1, 0.15) is 0 Å². The predicted molar refractivity (Wildman–Crippen MR) is 59.3 cm³/mol. The van der Waals surface area contributed by atoms with Gasteiger partial charge in [0.15, 0.2) is 0 Å². The van der Waals surface area contributed by atoms with Crippen molar-refractivity contribution in [3.05, 3.63) is 47.1 Å². The van der Waals surface area contributed by atoms with Crippen molar-refractivity contribution < 1.29 is 9.53 Å². The number of esters is 1. The Labute approximate surface area is 89.6 Å². The lowest BCUT2D eigenvalue weighted by Crippen LogP contribution is -2.07. The standard InChI is InChI=1S/C13H14O2/c1-2-15-13(14)12-9-8-10-6-4-3-5-7-11(10)12/h3-7H,2,8-9H2,1H3. The van der Waals surface area contributed by atoms with Gasteiger partial charge in [0.25, 0.3) is 0 Å². The van der Waals surface area contributed by atoms with Crippen molar-refractivity contribution in [1.82, 2.24) is 0 Å². The maximum Gasteiger partial charge on any atom is 0.334 e. The highest BCUT2D eigenvalue weighted by molar-refractivity contribution is 5.92. The Morgan fingerprint density at radius 2 is 2.20 bits per heavy atom. The van der Waals surface area contributed by atoms with Gasteiger partial charge in [-0.05, 0) is 30.9 Å². The van der Waals surface area contributed by atoms with Crippen LogP contribution in [0.3, 0.4) is 0 Å². The summed E-state index contributed by atoms with van der Waals surface area (Å²) in [6.45, 7) is 2.27. The molecule has 0 unspecified atom stereocenters. The molecule has 2 nitrogen and oxygen atoms in total. The van der Waals surface area contributed by atoms with E-state index in [1.807, 2.05) is 31.2 Å². The molecule has 0 bridgehead atoms. The molecule has 0 aromatic heterocycles. The first-order valence-corrected chi connectivity index (χ1v) is 5.27. The van der Waals surface area contributed by atoms with Crippen LogP contribution in [0.2, 0.25) is 0 Å². The van der Waals surface area contributed by atoms with E-state index in [1.54, 1.807) is 0 Å². The summed E-state index contributed by atoms with van der Waals surface area (Å²) in [5, 5.41) is 0. The summed E-state index contributed by atoms with van der Waals surface area (Å²) in [6.07, 6.45) is 11.8. The van der Waals surface area contributed by atoms with Crippen molar-refractivity contribution in [3.63, 3.8) is 0 Å². The monoisotopic (exact) mass is 202 g/mol. The lowest BCUT2D eigenvalue weighted by atomic mass is 10.1. The van der Waals surface area contributed by atoms with Gasteiger partial charge in [-0.1, -0.05) is 30.4 Å². The second-order valence-corrected chi connectivity index (χ2v) is 3.55. The molecule has 15 heavy (non-hydrogen) atoms. The number of ether oxygens (including phenoxy) is 1. The molecular formula is C13H14O2. The smallest absolute Gasteiger partial charge is 0.334 e. The van der Waals surface area contributed by atoms with Crippen LogP contribution in [0, 0.1) is 0 Å². The second-order valence-electron chi connectivity index (χ2n) is 3.55. The molecule has 2 aliphatic rings. The Balaban J connectivity index is 2.32. The molecule has 78 valence electrons. The van der Waals surface area contributed by atoms with Crippen LogP contribution in [0.5, 0.6) is 0 Å². The van der Waals surface area contributed by atoms with Crippen LogP contribution in [-0.4, -0.2) is 12.6 Å². The number of carbonyl (C=O) groups is 1. The van der Waals surface area contributed by atoms with Crippen molar-refractivity contribution in [2.45, 2.75) is 19.8 Å². The molecule has 0 saturated carbocycles. The fraction of sp³-hybridized carbons (Fsp3) is 0.308. The SMILES string of the molecule is CCOC(=O)C1=C2C=CC=CC=C2CC1. The molecule has 0 atom stereocenters. The maximum absolute atomic E-state index is 11.7. The maximum atomic E-state index is 11.7. The van der Waals surface area contributed by atoms with E-state index < -0.39 is 0 Å². The molecule has 2 heteroatoms. The van der Waals surface area contributed by atoms with Crippen LogP contribution < -0.4 is 0 Å². The quantitative estimate of drug-likeness (QED) is 0.643. The van der Waals surface area contributed by atoms with Crippen molar-refractivity contribution in [2.24, 2.45) is 0 Å². The minimum absolute atomic E-state index is 0.164. The third-order valence-corrected chi connectivity index (χ3v) is 2.62. The zero-order chi connectivity index (χ0) is 10.7. The lowest BCUT2D eigenvalue weighted by molar-refractivity contribution is -0.138. The first-order chi connectivity index (χ1) is 7.33. The molecule has 0 fully saturated rings. The fourth-order valence-corrected chi connectivity index (χ4v) is 1.92. The van der Waals surface area contributed by atoms with E-state index in [1.165, 1.54) is 5.57 Å². The summed E-state index contributed by atoms with van der Waals surface area (Å²) >= 11 is 0. The second kappa shape index (κ2) is 4.30. The summed E-state index contributed by atoms with van der Waals surface area (Å²) in [5.41, 5.74) is 3.12. The van der Waals surface area contributed by atoms with Gasteiger partial charge >= 0.3 is 5.97 Å². The summed E-state index contributed by atoms with van der Waals surface area (Å²) in [7, 11) is 0. The summed E-state index contributed by atoms with van der Waals surface area (Å²) in [4.78, 5) is 11.7. The highest BCUT2D eigenvalue weighted by Gasteiger charge is 2.23. The van der Waals surface area contributed by atoms with Crippen molar-refractivity contribution in [2.75, 3.05) is 6.61 Å². The normalized spacial score (nSPS) is 18.6. The highest BCUT2D eigenvalue weighted by Crippen LogP contribution is 2.33. The largest absolute Gasteiger partial charge is 0.463 e. The molecule has 0 aromatic carbocycles. The number of hydrogen-bond donors (Lipinski definition) is 0. The van der Waals surface area contributed by atoms with E-state index in [2.05, 4.69) is 6.08 Å². The van der Waals surface area contributed by atoms with Crippen LogP contribution in [-0.2, 0) is 9.53 Å². The molecule has 0 aromatic rings. The molecule has 2 rings (SSSR count). The average molecular weight is 202 g/mol. The highest BCUT2D eigenvalue weighted by atomic mass is 16.5. The number of hydrogen-bond acceptors (Lipinski definition) is 2. The zero-order valence-electron chi connectivity index (χ0n) is 8.82. The number of rotatable bonds is 2. The van der Waals surface area contributed by atoms with Gasteiger partial charge in [-0.15, -0.1) is 0 Å². The molecule has 0 spiro atoms. The third-order valence-electron chi connectivity index (χ3n) is 2.62. The van der Waals surface area contributed by atoms with Crippen molar-refractivity contribution >= 4 is 5.97 Å². The van der Waals surface area contributed by atoms with Crippen molar-refractivity contribution in [3.8, 4) is 0 Å². The van der Waals surface area contributed by atoms with Crippen LogP contribution in [0.15, 0.2) is 47.1 Å². The molecule has 0 N–H and O–H groups in total. The van der Waals surface area contributed by atoms with E-state index in [-0.39, 0.29) is 5.97 Å². The molecule has 0 saturated heterocycles. The van der Waals surface area contributed by atoms with Gasteiger partial charge in [0.2, 0.25) is 0 Å². The van der Waals surface area contributed by atoms with Gasteiger partial charge < -0.3 is 4.74 Å². The first kappa shape index (κ1) is 9.97. The predicted octanol–water partition coefficient (Wildman–Crippen LogP) is 2.69. The van der Waals surface area contributed by atoms with Crippen LogP contribution in [0.25, 0.3) is 0 Å². The molecule has 0 heterocycles. The van der Waals surface area contributed by atoms with Crippen LogP contribution in [0.4, 0.5) is 0 Å². The Bertz CT molecular complexity index is 395. The van der Waals surface area contributed by atoms with E-state index in [9.17, 15) is 4.79 Å². The van der Waals surface area contributed by atoms with E-state index in [0.717, 1.165) is 24.0 Å². The number of allylic oxidation sites excluding steroid dienone is 7. The summed E-state index contributed by atoms with van der Waals surface area (Å²) < 4.78 is 5.04.